The third-order valence-corrected chi connectivity index (χ3v) is 6.50. The van der Waals surface area contributed by atoms with Gasteiger partial charge in [0.1, 0.15) is 11.5 Å². The molecule has 2 saturated heterocycles. The highest BCUT2D eigenvalue weighted by molar-refractivity contribution is 5.91. The first kappa shape index (κ1) is 27.7. The Balaban J connectivity index is 0.000000276. The van der Waals surface area contributed by atoms with Gasteiger partial charge in [0.15, 0.2) is 17.8 Å². The van der Waals surface area contributed by atoms with E-state index in [1.165, 1.54) is 58.2 Å². The van der Waals surface area contributed by atoms with Crippen LogP contribution in [0.25, 0.3) is 22.4 Å². The number of pyridine rings is 1. The van der Waals surface area contributed by atoms with E-state index < -0.39 is 0 Å². The van der Waals surface area contributed by atoms with Gasteiger partial charge in [-0.05, 0) is 64.0 Å². The Morgan fingerprint density at radius 2 is 1.64 bits per heavy atom. The van der Waals surface area contributed by atoms with Crippen molar-refractivity contribution < 1.29 is 4.79 Å². The molecule has 0 amide bonds. The van der Waals surface area contributed by atoms with Crippen molar-refractivity contribution in [3.63, 3.8) is 0 Å². The quantitative estimate of drug-likeness (QED) is 0.515. The largest absolute Gasteiger partial charge is 0.357 e. The first-order chi connectivity index (χ1) is 17.7. The molecule has 196 valence electrons. The number of likely N-dealkylation sites (tertiary alicyclic amines) is 1. The van der Waals surface area contributed by atoms with Gasteiger partial charge in [0.25, 0.3) is 0 Å². The second kappa shape index (κ2) is 14.6. The number of fused-ring (bicyclic) bond motifs is 1. The highest BCUT2D eigenvalue weighted by Gasteiger charge is 2.17. The van der Waals surface area contributed by atoms with Crippen LogP contribution < -0.4 is 10.2 Å². The monoisotopic (exact) mass is 494 g/mol. The van der Waals surface area contributed by atoms with Gasteiger partial charge in [-0.2, -0.15) is 5.10 Å². The summed E-state index contributed by atoms with van der Waals surface area (Å²) in [6.07, 6.45) is 10.0. The summed E-state index contributed by atoms with van der Waals surface area (Å²) in [5.41, 5.74) is 2.17. The molecule has 1 N–H and O–H groups in total. The molecule has 2 aliphatic rings. The minimum atomic E-state index is 0.158. The Morgan fingerprint density at radius 3 is 2.31 bits per heavy atom. The van der Waals surface area contributed by atoms with Gasteiger partial charge in [0.05, 0.1) is 5.69 Å². The molecule has 2 aliphatic heterocycles. The average Bonchev–Trinajstić information content (AvgIpc) is 3.47. The number of nitrogens with one attached hydrogen (secondary N) is 1. The van der Waals surface area contributed by atoms with Crippen LogP contribution >= 0.6 is 0 Å². The summed E-state index contributed by atoms with van der Waals surface area (Å²) in [5.74, 6) is 1.16. The van der Waals surface area contributed by atoms with Crippen molar-refractivity contribution in [2.45, 2.75) is 52.4 Å². The minimum absolute atomic E-state index is 0.158. The molecule has 36 heavy (non-hydrogen) atoms. The van der Waals surface area contributed by atoms with Gasteiger partial charge in [-0.15, -0.1) is 0 Å². The summed E-state index contributed by atoms with van der Waals surface area (Å²) in [6.45, 7) is 11.1. The average molecular weight is 495 g/mol. The zero-order valence-corrected chi connectivity index (χ0v) is 22.4. The SMILES string of the molecule is CC.CNCCN1CCCC1.Cn1nc(-c2ccnc(C=O)n2)c2ccc(N3CCCCCC3)nc21. The molecule has 9 nitrogen and oxygen atoms in total. The number of hydrogen-bond acceptors (Lipinski definition) is 8. The van der Waals surface area contributed by atoms with Gasteiger partial charge < -0.3 is 15.1 Å². The van der Waals surface area contributed by atoms with E-state index in [4.69, 9.17) is 4.98 Å². The van der Waals surface area contributed by atoms with Gasteiger partial charge in [-0.3, -0.25) is 4.79 Å². The van der Waals surface area contributed by atoms with E-state index in [1.54, 1.807) is 16.9 Å². The van der Waals surface area contributed by atoms with Gasteiger partial charge in [-0.25, -0.2) is 19.6 Å². The zero-order valence-electron chi connectivity index (χ0n) is 22.4. The van der Waals surface area contributed by atoms with Crippen LogP contribution in [0.5, 0.6) is 0 Å². The number of nitrogens with zero attached hydrogens (tertiary/aromatic N) is 7. The van der Waals surface area contributed by atoms with Crippen LogP contribution in [0.4, 0.5) is 5.82 Å². The van der Waals surface area contributed by atoms with Gasteiger partial charge in [-0.1, -0.05) is 26.7 Å². The lowest BCUT2D eigenvalue weighted by Gasteiger charge is -2.21. The smallest absolute Gasteiger partial charge is 0.193 e. The van der Waals surface area contributed by atoms with Crippen molar-refractivity contribution in [3.05, 3.63) is 30.2 Å². The summed E-state index contributed by atoms with van der Waals surface area (Å²) in [4.78, 5) is 28.8. The third-order valence-electron chi connectivity index (χ3n) is 6.50. The summed E-state index contributed by atoms with van der Waals surface area (Å²) in [5, 5.41) is 8.65. The van der Waals surface area contributed by atoms with Crippen molar-refractivity contribution in [2.24, 2.45) is 7.05 Å². The molecular formula is C27H42N8O. The van der Waals surface area contributed by atoms with Crippen LogP contribution in [-0.2, 0) is 7.05 Å². The molecule has 3 aromatic rings. The van der Waals surface area contributed by atoms with Crippen LogP contribution in [0, 0.1) is 0 Å². The Labute approximate surface area is 215 Å². The molecule has 0 unspecified atom stereocenters. The lowest BCUT2D eigenvalue weighted by atomic mass is 10.2. The predicted molar refractivity (Wildman–Crippen MR) is 147 cm³/mol. The Kier molecular flexibility index (Phi) is 11.2. The van der Waals surface area contributed by atoms with Crippen molar-refractivity contribution >= 4 is 23.1 Å². The molecule has 0 spiro atoms. The first-order valence-corrected chi connectivity index (χ1v) is 13.4. The van der Waals surface area contributed by atoms with E-state index in [1.807, 2.05) is 34.0 Å². The maximum Gasteiger partial charge on any atom is 0.193 e. The molecule has 0 atom stereocenters. The van der Waals surface area contributed by atoms with Crippen molar-refractivity contribution in [1.29, 1.82) is 0 Å². The highest BCUT2D eigenvalue weighted by Crippen LogP contribution is 2.28. The number of carbonyl (C=O) groups excluding carboxylic acids is 1. The fourth-order valence-electron chi connectivity index (χ4n) is 4.62. The molecule has 2 fully saturated rings. The number of aromatic nitrogens is 5. The normalized spacial score (nSPS) is 16.1. The number of anilines is 1. The maximum absolute atomic E-state index is 10.9. The van der Waals surface area contributed by atoms with E-state index in [2.05, 4.69) is 36.2 Å². The maximum atomic E-state index is 10.9. The standard InChI is InChI=1S/C18H20N6O.C7H16N2.C2H6/c1-23-18-13(17(22-23)14-8-9-19-15(12-25)20-14)6-7-16(21-18)24-10-4-2-3-5-11-24;1-8-4-7-9-5-2-3-6-9;1-2/h6-9,12H,2-5,10-11H2,1H3;8H,2-7H2,1H3;1-2H3. The molecule has 5 heterocycles. The van der Waals surface area contributed by atoms with E-state index in [-0.39, 0.29) is 5.82 Å². The highest BCUT2D eigenvalue weighted by atomic mass is 16.1. The van der Waals surface area contributed by atoms with Crippen molar-refractivity contribution in [2.75, 3.05) is 51.2 Å². The van der Waals surface area contributed by atoms with Crippen molar-refractivity contribution in [1.82, 2.24) is 34.9 Å². The van der Waals surface area contributed by atoms with Crippen LogP contribution in [0.2, 0.25) is 0 Å². The summed E-state index contributed by atoms with van der Waals surface area (Å²) in [6, 6.07) is 5.87. The minimum Gasteiger partial charge on any atom is -0.357 e. The molecule has 0 radical (unpaired) electrons. The number of likely N-dealkylation sites (N-methyl/N-ethyl adjacent to an activating group) is 1. The molecule has 0 aliphatic carbocycles. The van der Waals surface area contributed by atoms with Crippen LogP contribution in [0.15, 0.2) is 24.4 Å². The fraction of sp³-hybridized carbons (Fsp3) is 0.593. The van der Waals surface area contributed by atoms with E-state index in [0.29, 0.717) is 12.0 Å². The van der Waals surface area contributed by atoms with E-state index in [9.17, 15) is 4.79 Å². The predicted octanol–water partition coefficient (Wildman–Crippen LogP) is 3.95. The number of aldehydes is 1. The molecule has 5 rings (SSSR count). The Hall–Kier alpha value is -2.91. The zero-order chi connectivity index (χ0) is 25.8. The number of rotatable bonds is 6. The van der Waals surface area contributed by atoms with Crippen molar-refractivity contribution in [3.8, 4) is 11.4 Å². The molecule has 0 aromatic carbocycles. The Bertz CT molecular complexity index is 1070. The number of carbonyl (C=O) groups is 1. The summed E-state index contributed by atoms with van der Waals surface area (Å²) in [7, 11) is 3.89. The van der Waals surface area contributed by atoms with Crippen LogP contribution in [-0.4, -0.2) is 82.2 Å². The van der Waals surface area contributed by atoms with Crippen LogP contribution in [0.1, 0.15) is 63.0 Å². The van der Waals surface area contributed by atoms with E-state index in [0.717, 1.165) is 42.2 Å². The fourth-order valence-corrected chi connectivity index (χ4v) is 4.62. The lowest BCUT2D eigenvalue weighted by Crippen LogP contribution is -2.27. The third kappa shape index (κ3) is 7.30. The summed E-state index contributed by atoms with van der Waals surface area (Å²) >= 11 is 0. The number of aryl methyl sites for hydroxylation is 1. The second-order valence-electron chi connectivity index (χ2n) is 8.98. The van der Waals surface area contributed by atoms with E-state index >= 15 is 0 Å². The van der Waals surface area contributed by atoms with Gasteiger partial charge >= 0.3 is 0 Å². The Morgan fingerprint density at radius 1 is 0.944 bits per heavy atom. The first-order valence-electron chi connectivity index (χ1n) is 13.4. The lowest BCUT2D eigenvalue weighted by molar-refractivity contribution is 0.111. The van der Waals surface area contributed by atoms with Crippen LogP contribution in [0.3, 0.4) is 0 Å². The molecule has 0 saturated carbocycles. The second-order valence-corrected chi connectivity index (χ2v) is 8.98. The molecule has 0 bridgehead atoms. The molecule has 3 aromatic heterocycles. The van der Waals surface area contributed by atoms with Gasteiger partial charge in [0, 0.05) is 44.8 Å². The number of hydrogen-bond donors (Lipinski definition) is 1. The van der Waals surface area contributed by atoms with Gasteiger partial charge in [0.2, 0.25) is 0 Å². The summed E-state index contributed by atoms with van der Waals surface area (Å²) < 4.78 is 1.77. The molecule has 9 heteroatoms. The topological polar surface area (TPSA) is 92.1 Å². The molecular weight excluding hydrogens is 452 g/mol.